The number of unbranched alkanes of at least 4 members (excludes halogenated alkanes) is 1. The Bertz CT molecular complexity index is 282. The minimum absolute atomic E-state index is 0.472. The van der Waals surface area contributed by atoms with E-state index in [9.17, 15) is 0 Å². The van der Waals surface area contributed by atoms with Crippen molar-refractivity contribution in [3.63, 3.8) is 0 Å². The molecule has 0 aromatic carbocycles. The van der Waals surface area contributed by atoms with Crippen molar-refractivity contribution in [1.29, 1.82) is 0 Å². The van der Waals surface area contributed by atoms with Crippen molar-refractivity contribution in [2.75, 3.05) is 13.1 Å². The molecule has 4 N–H and O–H groups in total. The molecule has 21 heavy (non-hydrogen) atoms. The quantitative estimate of drug-likeness (QED) is 0.382. The highest BCUT2D eigenvalue weighted by molar-refractivity contribution is 5.00. The Labute approximate surface area is 131 Å². The molecule has 0 rings (SSSR count). The zero-order valence-corrected chi connectivity index (χ0v) is 14.4. The number of rotatable bonds is 12. The summed E-state index contributed by atoms with van der Waals surface area (Å²) in [5.74, 6) is 0.502. The normalized spacial score (nSPS) is 16.2. The maximum atomic E-state index is 9.06. The average molecular weight is 300 g/mol. The number of aliphatic hydroxyl groups is 2. The van der Waals surface area contributed by atoms with Gasteiger partial charge in [-0.3, -0.25) is 0 Å². The molecule has 4 nitrogen and oxygen atoms in total. The summed E-state index contributed by atoms with van der Waals surface area (Å²) in [5.41, 5.74) is 6.69. The van der Waals surface area contributed by atoms with Gasteiger partial charge < -0.3 is 20.8 Å². The minimum atomic E-state index is -1.46. The smallest absolute Gasteiger partial charge is 0.167 e. The molecule has 0 radical (unpaired) electrons. The van der Waals surface area contributed by atoms with Crippen LogP contribution in [0.2, 0.25) is 0 Å². The Kier molecular flexibility index (Phi) is 11.0. The molecule has 0 saturated carbocycles. The van der Waals surface area contributed by atoms with Crippen LogP contribution in [0.4, 0.5) is 0 Å². The fourth-order valence-corrected chi connectivity index (χ4v) is 3.05. The first-order chi connectivity index (χ1) is 9.87. The summed E-state index contributed by atoms with van der Waals surface area (Å²) in [4.78, 5) is 2.56. The van der Waals surface area contributed by atoms with Gasteiger partial charge in [0.25, 0.3) is 0 Å². The van der Waals surface area contributed by atoms with E-state index in [1.165, 1.54) is 12.8 Å². The zero-order chi connectivity index (χ0) is 16.4. The second kappa shape index (κ2) is 11.2. The number of hydrogen-bond donors (Lipinski definition) is 3. The van der Waals surface area contributed by atoms with Crippen LogP contribution in [-0.4, -0.2) is 46.6 Å². The summed E-state index contributed by atoms with van der Waals surface area (Å²) >= 11 is 0. The van der Waals surface area contributed by atoms with E-state index in [0.717, 1.165) is 31.5 Å². The van der Waals surface area contributed by atoms with Crippen molar-refractivity contribution < 1.29 is 10.2 Å². The number of hydrogen-bond acceptors (Lipinski definition) is 4. The van der Waals surface area contributed by atoms with Crippen molar-refractivity contribution in [3.05, 3.63) is 12.2 Å². The summed E-state index contributed by atoms with van der Waals surface area (Å²) < 4.78 is 0. The molecule has 0 bridgehead atoms. The molecule has 0 aliphatic carbocycles. The Hall–Kier alpha value is -0.420. The first-order valence-electron chi connectivity index (χ1n) is 8.39. The Morgan fingerprint density at radius 3 is 2.24 bits per heavy atom. The van der Waals surface area contributed by atoms with Gasteiger partial charge >= 0.3 is 0 Å². The maximum absolute atomic E-state index is 9.06. The van der Waals surface area contributed by atoms with E-state index < -0.39 is 12.3 Å². The predicted octanol–water partition coefficient (Wildman–Crippen LogP) is 2.50. The topological polar surface area (TPSA) is 69.7 Å². The standard InChI is InChI=1S/C17H36N2O2/c1-6-9-10-19(8-3)16(7-2)14(5)11-13(4)12-15(18)17(20)21/h14-17,20-21H,4,6-12,18H2,1-3,5H3/t14-,15?,16+/m0/s1. The van der Waals surface area contributed by atoms with Crippen molar-refractivity contribution in [3.8, 4) is 0 Å². The summed E-state index contributed by atoms with van der Waals surface area (Å²) in [6, 6.07) is -0.0827. The van der Waals surface area contributed by atoms with Gasteiger partial charge in [0.05, 0.1) is 6.04 Å². The fraction of sp³-hybridized carbons (Fsp3) is 0.882. The van der Waals surface area contributed by atoms with Gasteiger partial charge in [0, 0.05) is 6.04 Å². The zero-order valence-electron chi connectivity index (χ0n) is 14.4. The summed E-state index contributed by atoms with van der Waals surface area (Å²) in [5, 5.41) is 18.1. The molecule has 0 aromatic heterocycles. The van der Waals surface area contributed by atoms with Crippen LogP contribution in [0.15, 0.2) is 12.2 Å². The van der Waals surface area contributed by atoms with Crippen LogP contribution in [0.1, 0.15) is 59.8 Å². The minimum Gasteiger partial charge on any atom is -0.367 e. The van der Waals surface area contributed by atoms with Crippen molar-refractivity contribution in [2.45, 2.75) is 78.2 Å². The van der Waals surface area contributed by atoms with E-state index >= 15 is 0 Å². The van der Waals surface area contributed by atoms with Crippen LogP contribution in [0, 0.1) is 5.92 Å². The lowest BCUT2D eigenvalue weighted by Gasteiger charge is -2.35. The molecule has 3 atom stereocenters. The van der Waals surface area contributed by atoms with E-state index in [4.69, 9.17) is 15.9 Å². The third-order valence-electron chi connectivity index (χ3n) is 4.27. The lowest BCUT2D eigenvalue weighted by Crippen LogP contribution is -2.40. The van der Waals surface area contributed by atoms with Crippen LogP contribution >= 0.6 is 0 Å². The first-order valence-corrected chi connectivity index (χ1v) is 8.39. The lowest BCUT2D eigenvalue weighted by molar-refractivity contribution is -0.0579. The highest BCUT2D eigenvalue weighted by Crippen LogP contribution is 2.23. The number of nitrogens with two attached hydrogens (primary N) is 1. The van der Waals surface area contributed by atoms with E-state index in [1.807, 2.05) is 0 Å². The van der Waals surface area contributed by atoms with Gasteiger partial charge in [-0.05, 0) is 44.7 Å². The van der Waals surface area contributed by atoms with Crippen LogP contribution in [0.5, 0.6) is 0 Å². The van der Waals surface area contributed by atoms with Gasteiger partial charge in [0.15, 0.2) is 6.29 Å². The summed E-state index contributed by atoms with van der Waals surface area (Å²) in [6.45, 7) is 15.2. The summed E-state index contributed by atoms with van der Waals surface area (Å²) in [7, 11) is 0. The van der Waals surface area contributed by atoms with E-state index in [1.54, 1.807) is 0 Å². The van der Waals surface area contributed by atoms with Crippen LogP contribution in [0.25, 0.3) is 0 Å². The fourth-order valence-electron chi connectivity index (χ4n) is 3.05. The SMILES string of the molecule is C=C(CC(N)C(O)O)C[C@H](C)[C@@H](CC)N(CC)CCCC. The molecule has 0 aliphatic heterocycles. The van der Waals surface area contributed by atoms with Gasteiger partial charge in [0.2, 0.25) is 0 Å². The number of aliphatic hydroxyl groups excluding tert-OH is 1. The van der Waals surface area contributed by atoms with Crippen molar-refractivity contribution in [1.82, 2.24) is 4.90 Å². The Balaban J connectivity index is 4.48. The molecule has 0 fully saturated rings. The molecule has 0 saturated heterocycles. The van der Waals surface area contributed by atoms with Gasteiger partial charge in [-0.1, -0.05) is 46.3 Å². The molecule has 0 spiro atoms. The molecular formula is C17H36N2O2. The van der Waals surface area contributed by atoms with E-state index in [0.29, 0.717) is 18.4 Å². The summed E-state index contributed by atoms with van der Waals surface area (Å²) in [6.07, 6.45) is 3.48. The van der Waals surface area contributed by atoms with Crippen LogP contribution in [0.3, 0.4) is 0 Å². The van der Waals surface area contributed by atoms with Gasteiger partial charge in [-0.2, -0.15) is 0 Å². The first kappa shape index (κ1) is 20.6. The highest BCUT2D eigenvalue weighted by atomic mass is 16.5. The van der Waals surface area contributed by atoms with E-state index in [2.05, 4.69) is 39.2 Å². The largest absolute Gasteiger partial charge is 0.367 e. The average Bonchev–Trinajstić information content (AvgIpc) is 2.42. The highest BCUT2D eigenvalue weighted by Gasteiger charge is 2.23. The molecule has 126 valence electrons. The van der Waals surface area contributed by atoms with Gasteiger partial charge in [0.1, 0.15) is 0 Å². The maximum Gasteiger partial charge on any atom is 0.167 e. The van der Waals surface area contributed by atoms with Gasteiger partial charge in [-0.25, -0.2) is 0 Å². The van der Waals surface area contributed by atoms with E-state index in [-0.39, 0.29) is 0 Å². The molecule has 0 aliphatic rings. The number of nitrogens with zero attached hydrogens (tertiary/aromatic N) is 1. The molecule has 0 aromatic rings. The molecule has 0 heterocycles. The molecule has 4 heteroatoms. The third kappa shape index (κ3) is 7.96. The van der Waals surface area contributed by atoms with Gasteiger partial charge in [-0.15, -0.1) is 0 Å². The van der Waals surface area contributed by atoms with Crippen LogP contribution in [-0.2, 0) is 0 Å². The second-order valence-electron chi connectivity index (χ2n) is 6.17. The van der Waals surface area contributed by atoms with Crippen molar-refractivity contribution >= 4 is 0 Å². The molecular weight excluding hydrogens is 264 g/mol. The predicted molar refractivity (Wildman–Crippen MR) is 90.0 cm³/mol. The van der Waals surface area contributed by atoms with Crippen molar-refractivity contribution in [2.24, 2.45) is 11.7 Å². The third-order valence-corrected chi connectivity index (χ3v) is 4.27. The van der Waals surface area contributed by atoms with Crippen LogP contribution < -0.4 is 5.73 Å². The Morgan fingerprint density at radius 2 is 1.81 bits per heavy atom. The second-order valence-corrected chi connectivity index (χ2v) is 6.17. The molecule has 1 unspecified atom stereocenters. The lowest BCUT2D eigenvalue weighted by atomic mass is 9.89. The Morgan fingerprint density at radius 1 is 1.19 bits per heavy atom. The monoisotopic (exact) mass is 300 g/mol. The molecule has 0 amide bonds.